The number of carboxylic acid groups (broad SMARTS) is 1. The molecule has 0 aliphatic carbocycles. The van der Waals surface area contributed by atoms with Gasteiger partial charge in [0.1, 0.15) is 17.1 Å². The van der Waals surface area contributed by atoms with E-state index in [1.54, 1.807) is 12.1 Å². The van der Waals surface area contributed by atoms with Crippen LogP contribution in [0.2, 0.25) is 0 Å². The van der Waals surface area contributed by atoms with Gasteiger partial charge in [-0.2, -0.15) is 0 Å². The van der Waals surface area contributed by atoms with Crippen LogP contribution in [-0.2, 0) is 16.6 Å². The second-order valence-electron chi connectivity index (χ2n) is 4.41. The van der Waals surface area contributed by atoms with Crippen molar-refractivity contribution in [3.8, 4) is 0 Å². The summed E-state index contributed by atoms with van der Waals surface area (Å²) in [5.41, 5.74) is 4.12. The lowest BCUT2D eigenvalue weighted by atomic mass is 9.77. The molecule has 1 heterocycles. The summed E-state index contributed by atoms with van der Waals surface area (Å²) in [5, 5.41) is 9.56. The monoisotopic (exact) mass is 275 g/mol. The molecule has 1 aromatic carbocycles. The fourth-order valence-corrected chi connectivity index (χ4v) is 2.10. The number of benzene rings is 1. The maximum Gasteiger partial charge on any atom is 0.316 e. The summed E-state index contributed by atoms with van der Waals surface area (Å²) < 4.78 is 14.0. The van der Waals surface area contributed by atoms with Crippen molar-refractivity contribution < 1.29 is 14.3 Å². The van der Waals surface area contributed by atoms with Crippen LogP contribution in [0.3, 0.4) is 0 Å². The third-order valence-electron chi connectivity index (χ3n) is 3.23. The van der Waals surface area contributed by atoms with E-state index >= 15 is 0 Å². The first kappa shape index (κ1) is 14.1. The molecule has 1 atom stereocenters. The van der Waals surface area contributed by atoms with Crippen molar-refractivity contribution in [2.75, 3.05) is 6.54 Å². The molecule has 0 bridgehead atoms. The zero-order chi connectivity index (χ0) is 14.6. The first-order chi connectivity index (χ1) is 9.60. The second kappa shape index (κ2) is 5.75. The van der Waals surface area contributed by atoms with Gasteiger partial charge >= 0.3 is 5.97 Å². The summed E-state index contributed by atoms with van der Waals surface area (Å²) in [5.74, 6) is -1.49. The van der Waals surface area contributed by atoms with Crippen molar-refractivity contribution in [3.63, 3.8) is 0 Å². The molecule has 1 aromatic heterocycles. The van der Waals surface area contributed by atoms with E-state index in [1.165, 1.54) is 30.6 Å². The van der Waals surface area contributed by atoms with Gasteiger partial charge < -0.3 is 10.8 Å². The van der Waals surface area contributed by atoms with Crippen LogP contribution >= 0.6 is 0 Å². The Labute approximate surface area is 115 Å². The number of nitrogens with zero attached hydrogens (tertiary/aromatic N) is 2. The van der Waals surface area contributed by atoms with Gasteiger partial charge in [0, 0.05) is 30.9 Å². The van der Waals surface area contributed by atoms with E-state index in [1.807, 2.05) is 0 Å². The second-order valence-corrected chi connectivity index (χ2v) is 4.41. The quantitative estimate of drug-likeness (QED) is 0.854. The number of hydrogen-bond acceptors (Lipinski definition) is 4. The Morgan fingerprint density at radius 3 is 2.45 bits per heavy atom. The van der Waals surface area contributed by atoms with Crippen molar-refractivity contribution in [1.82, 2.24) is 9.97 Å². The molecule has 5 nitrogen and oxygen atoms in total. The highest BCUT2D eigenvalue weighted by molar-refractivity contribution is 5.82. The van der Waals surface area contributed by atoms with Crippen LogP contribution in [0.4, 0.5) is 4.39 Å². The maximum absolute atomic E-state index is 14.0. The third kappa shape index (κ3) is 2.50. The maximum atomic E-state index is 14.0. The van der Waals surface area contributed by atoms with Crippen LogP contribution in [0.5, 0.6) is 0 Å². The van der Waals surface area contributed by atoms with Crippen molar-refractivity contribution >= 4 is 5.97 Å². The van der Waals surface area contributed by atoms with E-state index in [2.05, 4.69) is 9.97 Å². The van der Waals surface area contributed by atoms with Crippen molar-refractivity contribution in [1.29, 1.82) is 0 Å². The van der Waals surface area contributed by atoms with Crippen LogP contribution in [0.15, 0.2) is 42.7 Å². The van der Waals surface area contributed by atoms with Crippen LogP contribution in [-0.4, -0.2) is 27.6 Å². The van der Waals surface area contributed by atoms with E-state index < -0.39 is 17.2 Å². The molecular formula is C14H14FN3O2. The van der Waals surface area contributed by atoms with E-state index in [0.717, 1.165) is 0 Å². The SMILES string of the molecule is NCC(Cc1ncccn1)(C(=O)O)c1ccccc1F. The minimum atomic E-state index is -1.58. The Bertz CT molecular complexity index is 606. The molecule has 0 aliphatic heterocycles. The Morgan fingerprint density at radius 1 is 1.25 bits per heavy atom. The summed E-state index contributed by atoms with van der Waals surface area (Å²) >= 11 is 0. The largest absolute Gasteiger partial charge is 0.481 e. The average molecular weight is 275 g/mol. The van der Waals surface area contributed by atoms with Gasteiger partial charge in [0.25, 0.3) is 0 Å². The highest BCUT2D eigenvalue weighted by Crippen LogP contribution is 2.29. The number of rotatable bonds is 5. The zero-order valence-corrected chi connectivity index (χ0v) is 10.7. The smallest absolute Gasteiger partial charge is 0.316 e. The molecule has 0 spiro atoms. The molecule has 3 N–H and O–H groups in total. The van der Waals surface area contributed by atoms with E-state index in [-0.39, 0.29) is 18.5 Å². The van der Waals surface area contributed by atoms with Crippen molar-refractivity contribution in [3.05, 3.63) is 59.9 Å². The average Bonchev–Trinajstić information content (AvgIpc) is 2.46. The molecule has 20 heavy (non-hydrogen) atoms. The van der Waals surface area contributed by atoms with Gasteiger partial charge in [0.05, 0.1) is 0 Å². The first-order valence-corrected chi connectivity index (χ1v) is 6.04. The summed E-state index contributed by atoms with van der Waals surface area (Å²) in [6.07, 6.45) is 2.94. The third-order valence-corrected chi connectivity index (χ3v) is 3.23. The van der Waals surface area contributed by atoms with E-state index in [0.29, 0.717) is 5.82 Å². The Balaban J connectivity index is 2.51. The summed E-state index contributed by atoms with van der Waals surface area (Å²) in [4.78, 5) is 19.7. The predicted molar refractivity (Wildman–Crippen MR) is 70.5 cm³/mol. The number of carbonyl (C=O) groups is 1. The minimum absolute atomic E-state index is 0.0439. The molecule has 6 heteroatoms. The molecule has 0 fully saturated rings. The topological polar surface area (TPSA) is 89.1 Å². The van der Waals surface area contributed by atoms with Gasteiger partial charge in [-0.25, -0.2) is 14.4 Å². The lowest BCUT2D eigenvalue weighted by molar-refractivity contribution is -0.143. The fourth-order valence-electron chi connectivity index (χ4n) is 2.10. The normalized spacial score (nSPS) is 13.7. The van der Waals surface area contributed by atoms with Gasteiger partial charge in [-0.05, 0) is 12.1 Å². The molecule has 0 amide bonds. The molecule has 0 radical (unpaired) electrons. The molecule has 0 aliphatic rings. The molecular weight excluding hydrogens is 261 g/mol. The highest BCUT2D eigenvalue weighted by Gasteiger charge is 2.42. The van der Waals surface area contributed by atoms with Crippen LogP contribution in [0, 0.1) is 5.82 Å². The van der Waals surface area contributed by atoms with Crippen LogP contribution in [0.1, 0.15) is 11.4 Å². The van der Waals surface area contributed by atoms with Gasteiger partial charge in [-0.1, -0.05) is 18.2 Å². The van der Waals surface area contributed by atoms with Crippen LogP contribution < -0.4 is 5.73 Å². The molecule has 2 aromatic rings. The molecule has 0 saturated heterocycles. The van der Waals surface area contributed by atoms with Gasteiger partial charge in [0.2, 0.25) is 0 Å². The number of aromatic nitrogens is 2. The number of hydrogen-bond donors (Lipinski definition) is 2. The van der Waals surface area contributed by atoms with Crippen molar-refractivity contribution in [2.24, 2.45) is 5.73 Å². The van der Waals surface area contributed by atoms with E-state index in [9.17, 15) is 14.3 Å². The fraction of sp³-hybridized carbons (Fsp3) is 0.214. The summed E-state index contributed by atoms with van der Waals surface area (Å²) in [6.45, 7) is -0.248. The number of aliphatic carboxylic acids is 1. The Morgan fingerprint density at radius 2 is 1.90 bits per heavy atom. The molecule has 1 unspecified atom stereocenters. The van der Waals surface area contributed by atoms with Crippen molar-refractivity contribution in [2.45, 2.75) is 11.8 Å². The predicted octanol–water partition coefficient (Wildman–Crippen LogP) is 1.14. The standard InChI is InChI=1S/C14H14FN3O2/c15-11-5-2-1-4-10(11)14(9-16,13(19)20)8-12-17-6-3-7-18-12/h1-7H,8-9,16H2,(H,19,20). The number of carboxylic acids is 1. The highest BCUT2D eigenvalue weighted by atomic mass is 19.1. The van der Waals surface area contributed by atoms with Gasteiger partial charge in [-0.3, -0.25) is 4.79 Å². The molecule has 2 rings (SSSR count). The lowest BCUT2D eigenvalue weighted by Crippen LogP contribution is -2.46. The summed E-state index contributed by atoms with van der Waals surface area (Å²) in [6, 6.07) is 7.35. The van der Waals surface area contributed by atoms with E-state index in [4.69, 9.17) is 5.73 Å². The summed E-state index contributed by atoms with van der Waals surface area (Å²) in [7, 11) is 0. The Kier molecular flexibility index (Phi) is 4.05. The molecule has 104 valence electrons. The minimum Gasteiger partial charge on any atom is -0.481 e. The zero-order valence-electron chi connectivity index (χ0n) is 10.7. The number of halogens is 1. The van der Waals surface area contributed by atoms with Gasteiger partial charge in [0.15, 0.2) is 0 Å². The van der Waals surface area contributed by atoms with Gasteiger partial charge in [-0.15, -0.1) is 0 Å². The Hall–Kier alpha value is -2.34. The first-order valence-electron chi connectivity index (χ1n) is 6.04. The number of nitrogens with two attached hydrogens (primary N) is 1. The lowest BCUT2D eigenvalue weighted by Gasteiger charge is -2.28. The van der Waals surface area contributed by atoms with Crippen LogP contribution in [0.25, 0.3) is 0 Å². The molecule has 0 saturated carbocycles.